The van der Waals surface area contributed by atoms with Crippen LogP contribution in [-0.4, -0.2) is 17.3 Å². The minimum Gasteiger partial charge on any atom is -0.329 e. The summed E-state index contributed by atoms with van der Waals surface area (Å²) in [7, 11) is 0. The van der Waals surface area contributed by atoms with Crippen LogP contribution in [0.5, 0.6) is 0 Å². The Hall–Kier alpha value is 0.270. The van der Waals surface area contributed by atoms with E-state index >= 15 is 0 Å². The topological polar surface area (TPSA) is 52.0 Å². The average molecular weight is 148 g/mol. The molecule has 2 nitrogen and oxygen atoms in total. The standard InChI is InChI=1S/C6H16N2S/c1-6(2,8)3-5(9)4-7/h5,9H,3-4,7-8H2,1-2H3. The van der Waals surface area contributed by atoms with Gasteiger partial charge in [-0.15, -0.1) is 0 Å². The van der Waals surface area contributed by atoms with Crippen LogP contribution in [0.3, 0.4) is 0 Å². The predicted octanol–water partition coefficient (Wildman–Crippen LogP) is 0.371. The van der Waals surface area contributed by atoms with Gasteiger partial charge in [-0.05, 0) is 20.3 Å². The number of thiol groups is 1. The Morgan fingerprint density at radius 2 is 2.00 bits per heavy atom. The van der Waals surface area contributed by atoms with E-state index in [0.29, 0.717) is 6.54 Å². The van der Waals surface area contributed by atoms with Gasteiger partial charge in [0.05, 0.1) is 0 Å². The Morgan fingerprint density at radius 3 is 2.11 bits per heavy atom. The van der Waals surface area contributed by atoms with Crippen molar-refractivity contribution >= 4 is 12.6 Å². The molecule has 3 heteroatoms. The lowest BCUT2D eigenvalue weighted by atomic mass is 10.00. The Morgan fingerprint density at radius 1 is 1.56 bits per heavy atom. The number of hydrogen-bond acceptors (Lipinski definition) is 3. The Kier molecular flexibility index (Phi) is 3.54. The molecule has 0 amide bonds. The first-order valence-corrected chi connectivity index (χ1v) is 3.64. The molecule has 9 heavy (non-hydrogen) atoms. The zero-order valence-electron chi connectivity index (χ0n) is 6.09. The monoisotopic (exact) mass is 148 g/mol. The largest absolute Gasteiger partial charge is 0.329 e. The van der Waals surface area contributed by atoms with E-state index in [2.05, 4.69) is 12.6 Å². The van der Waals surface area contributed by atoms with Crippen molar-refractivity contribution in [2.24, 2.45) is 11.5 Å². The third kappa shape index (κ3) is 6.15. The Labute approximate surface area is 62.4 Å². The minimum atomic E-state index is -0.133. The first-order chi connectivity index (χ1) is 3.95. The minimum absolute atomic E-state index is 0.133. The average Bonchev–Trinajstić information content (AvgIpc) is 1.62. The van der Waals surface area contributed by atoms with Gasteiger partial charge in [-0.25, -0.2) is 0 Å². The highest BCUT2D eigenvalue weighted by Gasteiger charge is 2.14. The molecule has 1 atom stereocenters. The molecule has 0 saturated heterocycles. The summed E-state index contributed by atoms with van der Waals surface area (Å²) < 4.78 is 0. The third-order valence-corrected chi connectivity index (χ3v) is 1.43. The van der Waals surface area contributed by atoms with Gasteiger partial charge >= 0.3 is 0 Å². The van der Waals surface area contributed by atoms with Crippen LogP contribution in [0.25, 0.3) is 0 Å². The van der Waals surface area contributed by atoms with Crippen LogP contribution in [0.1, 0.15) is 20.3 Å². The van der Waals surface area contributed by atoms with E-state index in [1.54, 1.807) is 0 Å². The van der Waals surface area contributed by atoms with Crippen molar-refractivity contribution < 1.29 is 0 Å². The van der Waals surface area contributed by atoms with E-state index in [1.165, 1.54) is 0 Å². The third-order valence-electron chi connectivity index (χ3n) is 1.03. The van der Waals surface area contributed by atoms with Crippen LogP contribution in [0.4, 0.5) is 0 Å². The number of nitrogens with two attached hydrogens (primary N) is 2. The van der Waals surface area contributed by atoms with Crippen LogP contribution in [0.2, 0.25) is 0 Å². The summed E-state index contributed by atoms with van der Waals surface area (Å²) in [4.78, 5) is 0. The first kappa shape index (κ1) is 9.27. The van der Waals surface area contributed by atoms with Gasteiger partial charge in [0.25, 0.3) is 0 Å². The fraction of sp³-hybridized carbons (Fsp3) is 1.00. The molecule has 0 aromatic carbocycles. The molecule has 0 aliphatic heterocycles. The summed E-state index contributed by atoms with van der Waals surface area (Å²) in [5.41, 5.74) is 10.9. The van der Waals surface area contributed by atoms with Crippen molar-refractivity contribution in [1.82, 2.24) is 0 Å². The maximum Gasteiger partial charge on any atom is 0.0157 e. The smallest absolute Gasteiger partial charge is 0.0157 e. The quantitative estimate of drug-likeness (QED) is 0.507. The second-order valence-corrected chi connectivity index (χ2v) is 3.81. The number of rotatable bonds is 3. The number of hydrogen-bond donors (Lipinski definition) is 3. The lowest BCUT2D eigenvalue weighted by molar-refractivity contribution is 0.470. The zero-order valence-corrected chi connectivity index (χ0v) is 6.99. The zero-order chi connectivity index (χ0) is 7.49. The highest BCUT2D eigenvalue weighted by atomic mass is 32.1. The van der Waals surface area contributed by atoms with E-state index in [9.17, 15) is 0 Å². The van der Waals surface area contributed by atoms with E-state index in [-0.39, 0.29) is 10.8 Å². The lowest BCUT2D eigenvalue weighted by Gasteiger charge is -2.21. The maximum atomic E-state index is 5.71. The summed E-state index contributed by atoms with van der Waals surface area (Å²) in [6.45, 7) is 4.56. The normalized spacial score (nSPS) is 15.7. The van der Waals surface area contributed by atoms with Crippen LogP contribution in [0.15, 0.2) is 0 Å². The second kappa shape index (κ2) is 3.44. The summed E-state index contributed by atoms with van der Waals surface area (Å²) in [6.07, 6.45) is 0.868. The molecule has 0 aliphatic carbocycles. The SMILES string of the molecule is CC(C)(N)CC(S)CN. The van der Waals surface area contributed by atoms with Crippen molar-refractivity contribution in [3.63, 3.8) is 0 Å². The molecule has 1 unspecified atom stereocenters. The van der Waals surface area contributed by atoms with Crippen molar-refractivity contribution in [3.8, 4) is 0 Å². The molecule has 0 aliphatic rings. The van der Waals surface area contributed by atoms with Gasteiger partial charge in [0, 0.05) is 17.3 Å². The molecule has 0 spiro atoms. The van der Waals surface area contributed by atoms with Gasteiger partial charge < -0.3 is 11.5 Å². The van der Waals surface area contributed by atoms with E-state index in [0.717, 1.165) is 6.42 Å². The lowest BCUT2D eigenvalue weighted by Crippen LogP contribution is -2.36. The molecule has 0 bridgehead atoms. The molecule has 0 aromatic rings. The molecule has 0 aromatic heterocycles. The second-order valence-electron chi connectivity index (χ2n) is 3.08. The van der Waals surface area contributed by atoms with E-state index in [4.69, 9.17) is 11.5 Å². The Bertz CT molecular complexity index is 77.6. The fourth-order valence-electron chi connectivity index (χ4n) is 0.691. The Balaban J connectivity index is 3.47. The van der Waals surface area contributed by atoms with Crippen molar-refractivity contribution in [2.75, 3.05) is 6.54 Å². The first-order valence-electron chi connectivity index (χ1n) is 3.13. The van der Waals surface area contributed by atoms with Crippen LogP contribution < -0.4 is 11.5 Å². The van der Waals surface area contributed by atoms with Crippen molar-refractivity contribution in [3.05, 3.63) is 0 Å². The van der Waals surface area contributed by atoms with Gasteiger partial charge in [-0.2, -0.15) is 12.6 Å². The maximum absolute atomic E-state index is 5.71. The van der Waals surface area contributed by atoms with Crippen LogP contribution >= 0.6 is 12.6 Å². The molecule has 0 fully saturated rings. The summed E-state index contributed by atoms with van der Waals surface area (Å²) in [5, 5.41) is 0.241. The molecule has 56 valence electrons. The molecule has 0 rings (SSSR count). The van der Waals surface area contributed by atoms with Gasteiger partial charge in [0.2, 0.25) is 0 Å². The van der Waals surface area contributed by atoms with Gasteiger partial charge in [0.15, 0.2) is 0 Å². The molecule has 0 radical (unpaired) electrons. The van der Waals surface area contributed by atoms with E-state index in [1.807, 2.05) is 13.8 Å². The highest BCUT2D eigenvalue weighted by molar-refractivity contribution is 7.81. The van der Waals surface area contributed by atoms with Gasteiger partial charge in [-0.3, -0.25) is 0 Å². The van der Waals surface area contributed by atoms with Gasteiger partial charge in [0.1, 0.15) is 0 Å². The van der Waals surface area contributed by atoms with E-state index < -0.39 is 0 Å². The predicted molar refractivity (Wildman–Crippen MR) is 44.7 cm³/mol. The van der Waals surface area contributed by atoms with Crippen LogP contribution in [-0.2, 0) is 0 Å². The van der Waals surface area contributed by atoms with Crippen molar-refractivity contribution in [2.45, 2.75) is 31.1 Å². The highest BCUT2D eigenvalue weighted by Crippen LogP contribution is 2.10. The molecular formula is C6H16N2S. The molecule has 0 saturated carbocycles. The summed E-state index contributed by atoms with van der Waals surface area (Å²) in [6, 6.07) is 0. The van der Waals surface area contributed by atoms with Gasteiger partial charge in [-0.1, -0.05) is 0 Å². The van der Waals surface area contributed by atoms with Crippen molar-refractivity contribution in [1.29, 1.82) is 0 Å². The fourth-order valence-corrected chi connectivity index (χ4v) is 1.16. The molecule has 4 N–H and O–H groups in total. The summed E-state index contributed by atoms with van der Waals surface area (Å²) >= 11 is 4.22. The summed E-state index contributed by atoms with van der Waals surface area (Å²) in [5.74, 6) is 0. The molecular weight excluding hydrogens is 132 g/mol. The van der Waals surface area contributed by atoms with Crippen LogP contribution in [0, 0.1) is 0 Å². The molecule has 0 heterocycles.